The zero-order valence-corrected chi connectivity index (χ0v) is 11.8. The molecule has 0 amide bonds. The number of rotatable bonds is 4. The van der Waals surface area contributed by atoms with Crippen LogP contribution >= 0.6 is 27.7 Å². The molecule has 0 saturated carbocycles. The van der Waals surface area contributed by atoms with Gasteiger partial charge in [0.05, 0.1) is 0 Å². The second kappa shape index (κ2) is 6.12. The van der Waals surface area contributed by atoms with Crippen molar-refractivity contribution in [3.63, 3.8) is 0 Å². The van der Waals surface area contributed by atoms with Crippen molar-refractivity contribution in [2.24, 2.45) is 0 Å². The van der Waals surface area contributed by atoms with Crippen LogP contribution in [0.15, 0.2) is 53.0 Å². The molecule has 2 N–H and O–H groups in total. The Morgan fingerprint density at radius 1 is 1.00 bits per heavy atom. The van der Waals surface area contributed by atoms with E-state index in [1.54, 1.807) is 0 Å². The number of nitrogens with two attached hydrogens (primary N) is 1. The van der Waals surface area contributed by atoms with Crippen molar-refractivity contribution >= 4 is 33.4 Å². The highest BCUT2D eigenvalue weighted by Crippen LogP contribution is 2.24. The summed E-state index contributed by atoms with van der Waals surface area (Å²) in [5, 5.41) is 0. The molecule has 88 valence electrons. The van der Waals surface area contributed by atoms with E-state index in [0.717, 1.165) is 21.7 Å². The molecule has 2 aromatic carbocycles. The van der Waals surface area contributed by atoms with Gasteiger partial charge in [-0.1, -0.05) is 52.3 Å². The number of nitrogen functional groups attached to an aromatic ring is 1. The zero-order chi connectivity index (χ0) is 12.1. The van der Waals surface area contributed by atoms with Crippen LogP contribution in [0.2, 0.25) is 0 Å². The molecule has 0 aliphatic rings. The van der Waals surface area contributed by atoms with Gasteiger partial charge >= 0.3 is 0 Å². The molecule has 2 rings (SSSR count). The molecule has 3 heteroatoms. The summed E-state index contributed by atoms with van der Waals surface area (Å²) >= 11 is 5.30. The summed E-state index contributed by atoms with van der Waals surface area (Å²) in [6.45, 7) is 0. The van der Waals surface area contributed by atoms with Crippen LogP contribution in [0.3, 0.4) is 0 Å². The number of hydrogen-bond donors (Lipinski definition) is 1. The van der Waals surface area contributed by atoms with E-state index in [9.17, 15) is 0 Å². The predicted octanol–water partition coefficient (Wildman–Crippen LogP) is 4.46. The summed E-state index contributed by atoms with van der Waals surface area (Å²) in [4.78, 5) is 0. The van der Waals surface area contributed by atoms with E-state index in [2.05, 4.69) is 46.3 Å². The van der Waals surface area contributed by atoms with Crippen LogP contribution in [0.5, 0.6) is 0 Å². The third-order valence-corrected chi connectivity index (χ3v) is 4.02. The highest BCUT2D eigenvalue weighted by atomic mass is 79.9. The molecule has 0 aliphatic carbocycles. The van der Waals surface area contributed by atoms with Gasteiger partial charge in [0, 0.05) is 21.7 Å². The molecule has 0 radical (unpaired) electrons. The maximum atomic E-state index is 5.96. The normalized spacial score (nSPS) is 10.4. The van der Waals surface area contributed by atoms with E-state index >= 15 is 0 Å². The zero-order valence-electron chi connectivity index (χ0n) is 9.40. The van der Waals surface area contributed by atoms with Gasteiger partial charge in [0.1, 0.15) is 0 Å². The molecule has 1 nitrogen and oxygen atoms in total. The first-order valence-corrected chi connectivity index (χ1v) is 7.36. The van der Waals surface area contributed by atoms with Crippen molar-refractivity contribution in [1.82, 2.24) is 0 Å². The number of benzene rings is 2. The topological polar surface area (TPSA) is 26.0 Å². The summed E-state index contributed by atoms with van der Waals surface area (Å²) in [7, 11) is 0. The van der Waals surface area contributed by atoms with Gasteiger partial charge in [-0.25, -0.2) is 0 Å². The molecule has 0 aromatic heterocycles. The minimum absolute atomic E-state index is 0.861. The van der Waals surface area contributed by atoms with Crippen LogP contribution in [-0.4, -0.2) is 0 Å². The van der Waals surface area contributed by atoms with Gasteiger partial charge in [0.2, 0.25) is 0 Å². The Hall–Kier alpha value is -0.930. The fraction of sp³-hybridized carbons (Fsp3) is 0.143. The van der Waals surface area contributed by atoms with Crippen molar-refractivity contribution in [2.75, 3.05) is 5.73 Å². The van der Waals surface area contributed by atoms with Crippen molar-refractivity contribution in [1.29, 1.82) is 0 Å². The fourth-order valence-corrected chi connectivity index (χ4v) is 2.94. The van der Waals surface area contributed by atoms with E-state index in [0.29, 0.717) is 0 Å². The van der Waals surface area contributed by atoms with Crippen LogP contribution in [0.25, 0.3) is 0 Å². The average molecular weight is 308 g/mol. The Labute approximate surface area is 115 Å². The Kier molecular flexibility index (Phi) is 4.51. The van der Waals surface area contributed by atoms with E-state index in [1.165, 1.54) is 11.1 Å². The summed E-state index contributed by atoms with van der Waals surface area (Å²) in [5.41, 5.74) is 9.38. The monoisotopic (exact) mass is 307 g/mol. The van der Waals surface area contributed by atoms with Gasteiger partial charge in [-0.2, -0.15) is 11.8 Å². The second-order valence-electron chi connectivity index (χ2n) is 3.82. The number of hydrogen-bond acceptors (Lipinski definition) is 2. The molecule has 17 heavy (non-hydrogen) atoms. The van der Waals surface area contributed by atoms with Crippen molar-refractivity contribution in [3.8, 4) is 0 Å². The van der Waals surface area contributed by atoms with E-state index in [4.69, 9.17) is 5.73 Å². The van der Waals surface area contributed by atoms with Gasteiger partial charge in [-0.05, 0) is 23.3 Å². The third kappa shape index (κ3) is 3.79. The first-order chi connectivity index (χ1) is 8.25. The smallest absolute Gasteiger partial charge is 0.0366 e. The molecule has 0 unspecified atom stereocenters. The SMILES string of the molecule is Nc1cc(Br)ccc1CSCc1ccccc1. The van der Waals surface area contributed by atoms with Crippen molar-refractivity contribution < 1.29 is 0 Å². The minimum Gasteiger partial charge on any atom is -0.398 e. The fourth-order valence-electron chi connectivity index (χ4n) is 1.55. The Balaban J connectivity index is 1.90. The molecule has 0 heterocycles. The van der Waals surface area contributed by atoms with Crippen molar-refractivity contribution in [2.45, 2.75) is 11.5 Å². The van der Waals surface area contributed by atoms with Gasteiger partial charge in [-0.15, -0.1) is 0 Å². The number of thioether (sulfide) groups is 1. The lowest BCUT2D eigenvalue weighted by Crippen LogP contribution is -1.92. The minimum atomic E-state index is 0.861. The Morgan fingerprint density at radius 3 is 2.47 bits per heavy atom. The van der Waals surface area contributed by atoms with Gasteiger partial charge < -0.3 is 5.73 Å². The predicted molar refractivity (Wildman–Crippen MR) is 80.0 cm³/mol. The molecule has 0 fully saturated rings. The maximum absolute atomic E-state index is 5.96. The lowest BCUT2D eigenvalue weighted by atomic mass is 10.2. The number of anilines is 1. The van der Waals surface area contributed by atoms with Crippen LogP contribution in [-0.2, 0) is 11.5 Å². The van der Waals surface area contributed by atoms with E-state index in [1.807, 2.05) is 30.0 Å². The highest BCUT2D eigenvalue weighted by molar-refractivity contribution is 9.10. The van der Waals surface area contributed by atoms with Crippen molar-refractivity contribution in [3.05, 3.63) is 64.1 Å². The van der Waals surface area contributed by atoms with Crippen LogP contribution in [0, 0.1) is 0 Å². The lowest BCUT2D eigenvalue weighted by Gasteiger charge is -2.06. The number of halogens is 1. The molecule has 0 atom stereocenters. The van der Waals surface area contributed by atoms with Gasteiger partial charge in [-0.3, -0.25) is 0 Å². The van der Waals surface area contributed by atoms with E-state index in [-0.39, 0.29) is 0 Å². The van der Waals surface area contributed by atoms with Gasteiger partial charge in [0.15, 0.2) is 0 Å². The standard InChI is InChI=1S/C14H14BrNS/c15-13-7-6-12(14(16)8-13)10-17-9-11-4-2-1-3-5-11/h1-8H,9-10,16H2. The average Bonchev–Trinajstić information content (AvgIpc) is 2.33. The highest BCUT2D eigenvalue weighted by Gasteiger charge is 2.00. The molecule has 0 aliphatic heterocycles. The second-order valence-corrected chi connectivity index (χ2v) is 5.72. The molecule has 2 aromatic rings. The molecular weight excluding hydrogens is 294 g/mol. The maximum Gasteiger partial charge on any atom is 0.0366 e. The largest absolute Gasteiger partial charge is 0.398 e. The molecule has 0 saturated heterocycles. The quantitative estimate of drug-likeness (QED) is 0.844. The lowest BCUT2D eigenvalue weighted by molar-refractivity contribution is 1.36. The summed E-state index contributed by atoms with van der Waals surface area (Å²) in [6, 6.07) is 16.6. The van der Waals surface area contributed by atoms with Crippen LogP contribution in [0.1, 0.15) is 11.1 Å². The summed E-state index contributed by atoms with van der Waals surface area (Å²) < 4.78 is 1.03. The van der Waals surface area contributed by atoms with Crippen LogP contribution in [0.4, 0.5) is 5.69 Å². The molecule has 0 spiro atoms. The Morgan fingerprint density at radius 2 is 1.76 bits per heavy atom. The van der Waals surface area contributed by atoms with Gasteiger partial charge in [0.25, 0.3) is 0 Å². The Bertz CT molecular complexity index is 485. The molecular formula is C14H14BrNS. The van der Waals surface area contributed by atoms with E-state index < -0.39 is 0 Å². The summed E-state index contributed by atoms with van der Waals surface area (Å²) in [6.07, 6.45) is 0. The summed E-state index contributed by atoms with van der Waals surface area (Å²) in [5.74, 6) is 1.98. The first kappa shape index (κ1) is 12.5. The first-order valence-electron chi connectivity index (χ1n) is 5.41. The van der Waals surface area contributed by atoms with Crippen LogP contribution < -0.4 is 5.73 Å². The molecule has 0 bridgehead atoms. The third-order valence-electron chi connectivity index (χ3n) is 2.48.